The van der Waals surface area contributed by atoms with Crippen molar-refractivity contribution in [1.29, 1.82) is 0 Å². The lowest BCUT2D eigenvalue weighted by Crippen LogP contribution is -3.14. The van der Waals surface area contributed by atoms with Gasteiger partial charge < -0.3 is 24.4 Å². The second-order valence-electron chi connectivity index (χ2n) is 6.48. The van der Waals surface area contributed by atoms with Gasteiger partial charge in [-0.3, -0.25) is 4.79 Å². The number of hydrogen-bond donors (Lipinski definition) is 2. The Morgan fingerprint density at radius 3 is 2.26 bits per heavy atom. The van der Waals surface area contributed by atoms with Gasteiger partial charge in [-0.25, -0.2) is 0 Å². The zero-order valence-corrected chi connectivity index (χ0v) is 16.7. The zero-order chi connectivity index (χ0) is 19.8. The molecule has 0 radical (unpaired) electrons. The standard InChI is InChI=1S/C21H28N2O4/c1-15(21(24)22-17-7-9-18(25-3)10-8-17)23(2)13-12-16-6-11-19(26-4)20(14-16)27-5/h6-11,14-15H,12-13H2,1-5H3,(H,22,24)/p+1/t15-/m1/s1. The number of nitrogens with one attached hydrogen (secondary N) is 2. The Hall–Kier alpha value is -2.73. The lowest BCUT2D eigenvalue weighted by Gasteiger charge is -2.21. The summed E-state index contributed by atoms with van der Waals surface area (Å²) in [4.78, 5) is 13.6. The van der Waals surface area contributed by atoms with E-state index in [0.29, 0.717) is 5.75 Å². The van der Waals surface area contributed by atoms with Crippen LogP contribution in [0.1, 0.15) is 12.5 Å². The Balaban J connectivity index is 1.90. The van der Waals surface area contributed by atoms with Crippen LogP contribution in [0.15, 0.2) is 42.5 Å². The first-order valence-electron chi connectivity index (χ1n) is 8.96. The second-order valence-corrected chi connectivity index (χ2v) is 6.48. The fourth-order valence-corrected chi connectivity index (χ4v) is 2.74. The number of amides is 1. The van der Waals surface area contributed by atoms with Gasteiger partial charge in [0.05, 0.1) is 34.9 Å². The summed E-state index contributed by atoms with van der Waals surface area (Å²) in [6.45, 7) is 2.76. The van der Waals surface area contributed by atoms with Gasteiger partial charge in [0, 0.05) is 12.1 Å². The molecule has 0 saturated carbocycles. The summed E-state index contributed by atoms with van der Waals surface area (Å²) in [6, 6.07) is 13.1. The van der Waals surface area contributed by atoms with Crippen LogP contribution in [0, 0.1) is 0 Å². The Morgan fingerprint density at radius 2 is 1.67 bits per heavy atom. The highest BCUT2D eigenvalue weighted by Gasteiger charge is 2.21. The van der Waals surface area contributed by atoms with Gasteiger partial charge in [0.2, 0.25) is 0 Å². The van der Waals surface area contributed by atoms with Crippen molar-refractivity contribution in [3.63, 3.8) is 0 Å². The second kappa shape index (κ2) is 9.83. The molecule has 1 unspecified atom stereocenters. The van der Waals surface area contributed by atoms with Gasteiger partial charge in [0.1, 0.15) is 5.75 Å². The number of ether oxygens (including phenoxy) is 3. The minimum Gasteiger partial charge on any atom is -0.497 e. The van der Waals surface area contributed by atoms with Gasteiger partial charge in [-0.15, -0.1) is 0 Å². The maximum Gasteiger partial charge on any atom is 0.282 e. The fraction of sp³-hybridized carbons (Fsp3) is 0.381. The molecule has 2 aromatic rings. The van der Waals surface area contributed by atoms with Crippen molar-refractivity contribution < 1.29 is 23.9 Å². The molecule has 0 aromatic heterocycles. The van der Waals surface area contributed by atoms with Crippen LogP contribution in [0.3, 0.4) is 0 Å². The summed E-state index contributed by atoms with van der Waals surface area (Å²) < 4.78 is 15.7. The summed E-state index contributed by atoms with van der Waals surface area (Å²) in [6.07, 6.45) is 0.840. The highest BCUT2D eigenvalue weighted by atomic mass is 16.5. The predicted molar refractivity (Wildman–Crippen MR) is 106 cm³/mol. The Kier molecular flexibility index (Phi) is 7.49. The number of methoxy groups -OCH3 is 3. The third kappa shape index (κ3) is 5.62. The molecule has 1 amide bonds. The number of anilines is 1. The van der Waals surface area contributed by atoms with Gasteiger partial charge in [-0.2, -0.15) is 0 Å². The van der Waals surface area contributed by atoms with Crippen LogP contribution >= 0.6 is 0 Å². The van der Waals surface area contributed by atoms with Crippen LogP contribution < -0.4 is 24.4 Å². The molecule has 0 fully saturated rings. The van der Waals surface area contributed by atoms with Crippen LogP contribution in [0.5, 0.6) is 17.2 Å². The quantitative estimate of drug-likeness (QED) is 0.704. The van der Waals surface area contributed by atoms with E-state index in [9.17, 15) is 4.79 Å². The molecule has 27 heavy (non-hydrogen) atoms. The van der Waals surface area contributed by atoms with E-state index in [-0.39, 0.29) is 11.9 Å². The van der Waals surface area contributed by atoms with E-state index in [1.54, 1.807) is 21.3 Å². The minimum absolute atomic E-state index is 0.00928. The van der Waals surface area contributed by atoms with E-state index in [4.69, 9.17) is 14.2 Å². The van der Waals surface area contributed by atoms with Crippen molar-refractivity contribution in [1.82, 2.24) is 0 Å². The van der Waals surface area contributed by atoms with E-state index in [1.807, 2.05) is 56.4 Å². The van der Waals surface area contributed by atoms with Crippen LogP contribution in [0.4, 0.5) is 5.69 Å². The normalized spacial score (nSPS) is 12.8. The third-order valence-electron chi connectivity index (χ3n) is 4.75. The number of carbonyl (C=O) groups is 1. The molecule has 0 heterocycles. The number of quaternary nitrogens is 1. The van der Waals surface area contributed by atoms with Crippen molar-refractivity contribution in [3.8, 4) is 17.2 Å². The van der Waals surface area contributed by atoms with Crippen molar-refractivity contribution >= 4 is 11.6 Å². The predicted octanol–water partition coefficient (Wildman–Crippen LogP) is 1.80. The average Bonchev–Trinajstić information content (AvgIpc) is 2.71. The van der Waals surface area contributed by atoms with Gasteiger partial charge in [0.25, 0.3) is 5.91 Å². The molecule has 0 bridgehead atoms. The van der Waals surface area contributed by atoms with Gasteiger partial charge >= 0.3 is 0 Å². The molecule has 0 aliphatic rings. The van der Waals surface area contributed by atoms with Crippen LogP contribution in [0.25, 0.3) is 0 Å². The summed E-state index contributed by atoms with van der Waals surface area (Å²) >= 11 is 0. The first-order valence-corrected chi connectivity index (χ1v) is 8.96. The van der Waals surface area contributed by atoms with E-state index >= 15 is 0 Å². The molecule has 2 aromatic carbocycles. The maximum atomic E-state index is 12.5. The minimum atomic E-state index is -0.174. The smallest absolute Gasteiger partial charge is 0.282 e. The van der Waals surface area contributed by atoms with E-state index in [2.05, 4.69) is 5.32 Å². The van der Waals surface area contributed by atoms with Crippen molar-refractivity contribution in [2.75, 3.05) is 40.2 Å². The number of carbonyl (C=O) groups excluding carboxylic acids is 1. The van der Waals surface area contributed by atoms with Gasteiger partial charge in [-0.1, -0.05) is 6.07 Å². The molecular formula is C21H29N2O4+. The molecule has 0 aliphatic heterocycles. The molecular weight excluding hydrogens is 344 g/mol. The molecule has 2 atom stereocenters. The summed E-state index contributed by atoms with van der Waals surface area (Å²) in [5, 5.41) is 2.95. The van der Waals surface area contributed by atoms with Gasteiger partial charge in [-0.05, 0) is 48.9 Å². The van der Waals surface area contributed by atoms with Crippen LogP contribution in [0.2, 0.25) is 0 Å². The summed E-state index contributed by atoms with van der Waals surface area (Å²) in [5.74, 6) is 2.19. The largest absolute Gasteiger partial charge is 0.497 e. The monoisotopic (exact) mass is 373 g/mol. The SMILES string of the molecule is COc1ccc(NC(=O)[C@@H](C)[NH+](C)CCc2ccc(OC)c(OC)c2)cc1. The fourth-order valence-electron chi connectivity index (χ4n) is 2.74. The molecule has 6 heteroatoms. The van der Waals surface area contributed by atoms with E-state index < -0.39 is 0 Å². The van der Waals surface area contributed by atoms with E-state index in [0.717, 1.165) is 40.6 Å². The molecule has 0 aliphatic carbocycles. The Morgan fingerprint density at radius 1 is 1.00 bits per heavy atom. The summed E-state index contributed by atoms with van der Waals surface area (Å²) in [5.41, 5.74) is 1.91. The zero-order valence-electron chi connectivity index (χ0n) is 16.7. The molecule has 0 spiro atoms. The number of benzene rings is 2. The number of hydrogen-bond acceptors (Lipinski definition) is 4. The first-order chi connectivity index (χ1) is 13.0. The lowest BCUT2D eigenvalue weighted by atomic mass is 10.1. The van der Waals surface area contributed by atoms with E-state index in [1.165, 1.54) is 0 Å². The van der Waals surface area contributed by atoms with Crippen LogP contribution in [-0.4, -0.2) is 46.9 Å². The third-order valence-corrected chi connectivity index (χ3v) is 4.75. The number of rotatable bonds is 9. The van der Waals surface area contributed by atoms with Crippen LogP contribution in [-0.2, 0) is 11.2 Å². The molecule has 2 rings (SSSR count). The molecule has 0 saturated heterocycles. The van der Waals surface area contributed by atoms with Crippen molar-refractivity contribution in [3.05, 3.63) is 48.0 Å². The Bertz CT molecular complexity index is 746. The first kappa shape index (κ1) is 20.6. The van der Waals surface area contributed by atoms with Crippen molar-refractivity contribution in [2.45, 2.75) is 19.4 Å². The lowest BCUT2D eigenvalue weighted by molar-refractivity contribution is -0.893. The highest BCUT2D eigenvalue weighted by Crippen LogP contribution is 2.27. The van der Waals surface area contributed by atoms with Gasteiger partial charge in [0.15, 0.2) is 17.5 Å². The maximum absolute atomic E-state index is 12.5. The molecule has 146 valence electrons. The highest BCUT2D eigenvalue weighted by molar-refractivity contribution is 5.93. The summed E-state index contributed by atoms with van der Waals surface area (Å²) in [7, 11) is 6.90. The van der Waals surface area contributed by atoms with Crippen molar-refractivity contribution in [2.24, 2.45) is 0 Å². The average molecular weight is 373 g/mol. The molecule has 2 N–H and O–H groups in total. The Labute approximate surface area is 161 Å². The number of likely N-dealkylation sites (N-methyl/N-ethyl adjacent to an activating group) is 1. The molecule has 6 nitrogen and oxygen atoms in total. The topological polar surface area (TPSA) is 61.2 Å².